The molecule has 0 radical (unpaired) electrons. The highest BCUT2D eigenvalue weighted by Crippen LogP contribution is 2.27. The average molecular weight is 292 g/mol. The lowest BCUT2D eigenvalue weighted by molar-refractivity contribution is 0.291. The van der Waals surface area contributed by atoms with Gasteiger partial charge in [-0.3, -0.25) is 0 Å². The third-order valence-electron chi connectivity index (χ3n) is 3.85. The average Bonchev–Trinajstić information content (AvgIpc) is 2.69. The Morgan fingerprint density at radius 3 is 2.63 bits per heavy atom. The number of thiocarbonyl (C=S) groups is 1. The molecule has 0 aromatic heterocycles. The quantitative estimate of drug-likeness (QED) is 0.676. The topological polar surface area (TPSA) is 6.48 Å². The van der Waals surface area contributed by atoms with Gasteiger partial charge in [-0.25, -0.2) is 0 Å². The lowest BCUT2D eigenvalue weighted by Gasteiger charge is -2.35. The van der Waals surface area contributed by atoms with Crippen LogP contribution in [0.5, 0.6) is 0 Å². The lowest BCUT2D eigenvalue weighted by atomic mass is 10.1. The van der Waals surface area contributed by atoms with Crippen molar-refractivity contribution in [3.8, 4) is 0 Å². The molecule has 0 spiro atoms. The van der Waals surface area contributed by atoms with E-state index in [9.17, 15) is 0 Å². The van der Waals surface area contributed by atoms with Crippen LogP contribution in [-0.2, 0) is 6.54 Å². The van der Waals surface area contributed by atoms with Gasteiger partial charge in [0.1, 0.15) is 0 Å². The monoisotopic (exact) mass is 292 g/mol. The zero-order chi connectivity index (χ0) is 13.1. The molecule has 19 heavy (non-hydrogen) atoms. The molecule has 0 aliphatic carbocycles. The Morgan fingerprint density at radius 2 is 1.79 bits per heavy atom. The minimum Gasteiger partial charge on any atom is -0.349 e. The van der Waals surface area contributed by atoms with Gasteiger partial charge in [0.2, 0.25) is 0 Å². The molecular weight excluding hydrogens is 272 g/mol. The van der Waals surface area contributed by atoms with Crippen molar-refractivity contribution in [3.05, 3.63) is 29.8 Å². The van der Waals surface area contributed by atoms with Gasteiger partial charge in [0.25, 0.3) is 0 Å². The Balaban J connectivity index is 1.73. The molecule has 0 atom stereocenters. The lowest BCUT2D eigenvalue weighted by Crippen LogP contribution is -2.45. The van der Waals surface area contributed by atoms with E-state index in [0.29, 0.717) is 0 Å². The molecule has 4 heteroatoms. The molecule has 1 fully saturated rings. The van der Waals surface area contributed by atoms with Gasteiger partial charge in [-0.2, -0.15) is 0 Å². The van der Waals surface area contributed by atoms with E-state index in [1.165, 1.54) is 29.7 Å². The summed E-state index contributed by atoms with van der Waals surface area (Å²) in [6, 6.07) is 8.73. The first kappa shape index (κ1) is 13.3. The van der Waals surface area contributed by atoms with Crippen molar-refractivity contribution in [3.63, 3.8) is 0 Å². The van der Waals surface area contributed by atoms with Crippen molar-refractivity contribution in [2.75, 3.05) is 25.4 Å². The van der Waals surface area contributed by atoms with Crippen LogP contribution in [0.2, 0.25) is 0 Å². The van der Waals surface area contributed by atoms with E-state index in [1.54, 1.807) is 0 Å². The third-order valence-corrected chi connectivity index (χ3v) is 5.46. The SMILES string of the molecule is S=C(N1CCCCC1)N1CCSc2ccccc2C1. The highest BCUT2D eigenvalue weighted by molar-refractivity contribution is 7.99. The Hall–Kier alpha value is -0.740. The van der Waals surface area contributed by atoms with Gasteiger partial charge in [0.15, 0.2) is 5.11 Å². The summed E-state index contributed by atoms with van der Waals surface area (Å²) in [5.41, 5.74) is 1.42. The molecule has 1 aromatic carbocycles. The highest BCUT2D eigenvalue weighted by atomic mass is 32.2. The summed E-state index contributed by atoms with van der Waals surface area (Å²) in [4.78, 5) is 6.21. The Kier molecular flexibility index (Phi) is 4.28. The van der Waals surface area contributed by atoms with Gasteiger partial charge in [-0.05, 0) is 43.1 Å². The van der Waals surface area contributed by atoms with Gasteiger partial charge in [0.05, 0.1) is 0 Å². The molecule has 2 heterocycles. The first-order chi connectivity index (χ1) is 9.34. The molecule has 2 aliphatic rings. The fourth-order valence-corrected chi connectivity index (χ4v) is 4.14. The molecule has 3 rings (SSSR count). The summed E-state index contributed by atoms with van der Waals surface area (Å²) in [5.74, 6) is 1.13. The van der Waals surface area contributed by atoms with Crippen molar-refractivity contribution in [1.82, 2.24) is 9.80 Å². The number of benzene rings is 1. The van der Waals surface area contributed by atoms with Crippen LogP contribution in [0.1, 0.15) is 24.8 Å². The molecule has 2 nitrogen and oxygen atoms in total. The number of hydrogen-bond acceptors (Lipinski definition) is 2. The van der Waals surface area contributed by atoms with Crippen LogP contribution in [0.4, 0.5) is 0 Å². The number of hydrogen-bond donors (Lipinski definition) is 0. The number of thioether (sulfide) groups is 1. The van der Waals surface area contributed by atoms with E-state index in [0.717, 1.165) is 37.0 Å². The predicted molar refractivity (Wildman–Crippen MR) is 85.6 cm³/mol. The Morgan fingerprint density at radius 1 is 1.00 bits per heavy atom. The molecule has 2 aliphatic heterocycles. The van der Waals surface area contributed by atoms with E-state index in [4.69, 9.17) is 12.2 Å². The standard InChI is InChI=1S/C15H20N2S2/c18-15(16-8-4-1-5-9-16)17-10-11-19-14-7-3-2-6-13(14)12-17/h2-3,6-7H,1,4-5,8-12H2. The predicted octanol–water partition coefficient (Wildman–Crippen LogP) is 3.37. The largest absolute Gasteiger partial charge is 0.349 e. The molecule has 0 amide bonds. The Labute approximate surface area is 125 Å². The molecule has 1 aromatic rings. The van der Waals surface area contributed by atoms with Gasteiger partial charge in [-0.1, -0.05) is 18.2 Å². The smallest absolute Gasteiger partial charge is 0.171 e. The van der Waals surface area contributed by atoms with Crippen LogP contribution in [0.3, 0.4) is 0 Å². The number of piperidine rings is 1. The summed E-state index contributed by atoms with van der Waals surface area (Å²) in [7, 11) is 0. The third kappa shape index (κ3) is 3.06. The molecular formula is C15H20N2S2. The summed E-state index contributed by atoms with van der Waals surface area (Å²) in [6.45, 7) is 4.32. The van der Waals surface area contributed by atoms with Crippen molar-refractivity contribution < 1.29 is 0 Å². The zero-order valence-electron chi connectivity index (χ0n) is 11.2. The van der Waals surface area contributed by atoms with Gasteiger partial charge in [-0.15, -0.1) is 11.8 Å². The van der Waals surface area contributed by atoms with Crippen molar-refractivity contribution >= 4 is 29.1 Å². The van der Waals surface area contributed by atoms with Crippen molar-refractivity contribution in [2.45, 2.75) is 30.7 Å². The summed E-state index contributed by atoms with van der Waals surface area (Å²) >= 11 is 7.68. The van der Waals surface area contributed by atoms with E-state index in [-0.39, 0.29) is 0 Å². The van der Waals surface area contributed by atoms with Crippen LogP contribution in [-0.4, -0.2) is 40.3 Å². The second kappa shape index (κ2) is 6.14. The van der Waals surface area contributed by atoms with E-state index in [1.807, 2.05) is 11.8 Å². The number of nitrogens with zero attached hydrogens (tertiary/aromatic N) is 2. The van der Waals surface area contributed by atoms with Crippen molar-refractivity contribution in [2.24, 2.45) is 0 Å². The first-order valence-corrected chi connectivity index (χ1v) is 8.48. The number of rotatable bonds is 0. The first-order valence-electron chi connectivity index (χ1n) is 7.09. The molecule has 102 valence electrons. The van der Waals surface area contributed by atoms with Crippen LogP contribution in [0, 0.1) is 0 Å². The van der Waals surface area contributed by atoms with E-state index < -0.39 is 0 Å². The minimum atomic E-state index is 0.971. The maximum atomic E-state index is 5.73. The molecule has 0 unspecified atom stereocenters. The molecule has 0 bridgehead atoms. The summed E-state index contributed by atoms with van der Waals surface area (Å²) < 4.78 is 0. The van der Waals surface area contributed by atoms with Gasteiger partial charge < -0.3 is 9.80 Å². The fourth-order valence-electron chi connectivity index (χ4n) is 2.77. The number of fused-ring (bicyclic) bond motifs is 1. The van der Waals surface area contributed by atoms with Crippen molar-refractivity contribution in [1.29, 1.82) is 0 Å². The Bertz CT molecular complexity index is 455. The highest BCUT2D eigenvalue weighted by Gasteiger charge is 2.21. The van der Waals surface area contributed by atoms with Gasteiger partial charge >= 0.3 is 0 Å². The van der Waals surface area contributed by atoms with Crippen LogP contribution in [0.15, 0.2) is 29.2 Å². The minimum absolute atomic E-state index is 0.971. The van der Waals surface area contributed by atoms with E-state index >= 15 is 0 Å². The second-order valence-corrected chi connectivity index (χ2v) is 6.71. The van der Waals surface area contributed by atoms with Gasteiger partial charge in [0, 0.05) is 36.8 Å². The van der Waals surface area contributed by atoms with Crippen LogP contribution < -0.4 is 0 Å². The second-order valence-electron chi connectivity index (χ2n) is 5.21. The zero-order valence-corrected chi connectivity index (χ0v) is 12.8. The molecule has 0 saturated carbocycles. The maximum Gasteiger partial charge on any atom is 0.171 e. The maximum absolute atomic E-state index is 5.73. The summed E-state index contributed by atoms with van der Waals surface area (Å²) in [6.07, 6.45) is 3.94. The normalized spacial score (nSPS) is 19.8. The molecule has 1 saturated heterocycles. The molecule has 0 N–H and O–H groups in total. The fraction of sp³-hybridized carbons (Fsp3) is 0.533. The number of likely N-dealkylation sites (tertiary alicyclic amines) is 1. The summed E-state index contributed by atoms with van der Waals surface area (Å²) in [5, 5.41) is 1.07. The van der Waals surface area contributed by atoms with E-state index in [2.05, 4.69) is 34.1 Å². The van der Waals surface area contributed by atoms with Crippen LogP contribution >= 0.6 is 24.0 Å². The van der Waals surface area contributed by atoms with Crippen LogP contribution in [0.25, 0.3) is 0 Å².